The minimum atomic E-state index is -0.465. The van der Waals surface area contributed by atoms with Crippen LogP contribution in [0.4, 0.5) is 0 Å². The predicted octanol–water partition coefficient (Wildman–Crippen LogP) is 0.930. The van der Waals surface area contributed by atoms with Crippen LogP contribution in [0.25, 0.3) is 0 Å². The van der Waals surface area contributed by atoms with Gasteiger partial charge >= 0.3 is 0 Å². The van der Waals surface area contributed by atoms with Crippen LogP contribution < -0.4 is 5.73 Å². The Morgan fingerprint density at radius 1 is 1.42 bits per heavy atom. The molecule has 0 aliphatic carbocycles. The molecule has 1 unspecified atom stereocenters. The van der Waals surface area contributed by atoms with Crippen molar-refractivity contribution >= 4 is 5.91 Å². The summed E-state index contributed by atoms with van der Waals surface area (Å²) < 4.78 is 0. The van der Waals surface area contributed by atoms with Crippen LogP contribution in [0.3, 0.4) is 0 Å². The highest BCUT2D eigenvalue weighted by atomic mass is 16.3. The van der Waals surface area contributed by atoms with Crippen LogP contribution in [0.1, 0.15) is 24.8 Å². The number of benzene rings is 1. The summed E-state index contributed by atoms with van der Waals surface area (Å²) in [5.41, 5.74) is 7.19. The molecule has 1 aromatic carbocycles. The van der Waals surface area contributed by atoms with Crippen LogP contribution in [0, 0.1) is 0 Å². The van der Waals surface area contributed by atoms with Crippen molar-refractivity contribution in [3.05, 3.63) is 35.9 Å². The lowest BCUT2D eigenvalue weighted by molar-refractivity contribution is -0.134. The summed E-state index contributed by atoms with van der Waals surface area (Å²) in [4.78, 5) is 14.0. The maximum Gasteiger partial charge on any atom is 0.239 e. The van der Waals surface area contributed by atoms with Crippen molar-refractivity contribution in [3.8, 4) is 0 Å². The topological polar surface area (TPSA) is 66.6 Å². The molecule has 0 bridgehead atoms. The predicted molar refractivity (Wildman–Crippen MR) is 74.6 cm³/mol. The molecule has 0 saturated carbocycles. The number of hydrogen-bond acceptors (Lipinski definition) is 3. The highest BCUT2D eigenvalue weighted by Gasteiger charge is 2.30. The summed E-state index contributed by atoms with van der Waals surface area (Å²) in [6.45, 7) is 0.764. The molecule has 1 amide bonds. The summed E-state index contributed by atoms with van der Waals surface area (Å²) in [5, 5.41) is 9.24. The molecular formula is C15H22N2O2. The summed E-state index contributed by atoms with van der Waals surface area (Å²) in [6, 6.07) is 9.55. The van der Waals surface area contributed by atoms with E-state index in [1.54, 1.807) is 4.90 Å². The summed E-state index contributed by atoms with van der Waals surface area (Å²) in [5.74, 6) is -0.0209. The van der Waals surface area contributed by atoms with E-state index >= 15 is 0 Å². The zero-order chi connectivity index (χ0) is 13.7. The molecule has 0 aromatic heterocycles. The molecule has 19 heavy (non-hydrogen) atoms. The summed E-state index contributed by atoms with van der Waals surface area (Å²) in [6.07, 6.45) is 3.30. The molecule has 1 aliphatic rings. The molecule has 1 aromatic rings. The lowest BCUT2D eigenvalue weighted by Gasteiger charge is -2.26. The average molecular weight is 262 g/mol. The first-order valence-corrected chi connectivity index (χ1v) is 6.93. The second-order valence-electron chi connectivity index (χ2n) is 5.14. The smallest absolute Gasteiger partial charge is 0.239 e. The van der Waals surface area contributed by atoms with Crippen LogP contribution in [0.15, 0.2) is 30.3 Å². The highest BCUT2D eigenvalue weighted by Crippen LogP contribution is 2.18. The first-order valence-electron chi connectivity index (χ1n) is 6.93. The van der Waals surface area contributed by atoms with Gasteiger partial charge in [0.2, 0.25) is 5.91 Å². The van der Waals surface area contributed by atoms with E-state index in [0.29, 0.717) is 6.42 Å². The maximum absolute atomic E-state index is 12.2. The third kappa shape index (κ3) is 3.55. The van der Waals surface area contributed by atoms with Crippen LogP contribution >= 0.6 is 0 Å². The fraction of sp³-hybridized carbons (Fsp3) is 0.533. The van der Waals surface area contributed by atoms with Gasteiger partial charge in [0.15, 0.2) is 0 Å². The van der Waals surface area contributed by atoms with Crippen LogP contribution in [0.2, 0.25) is 0 Å². The molecule has 1 aliphatic heterocycles. The van der Waals surface area contributed by atoms with Gasteiger partial charge in [-0.25, -0.2) is 0 Å². The molecule has 1 heterocycles. The Hall–Kier alpha value is -1.39. The molecule has 3 N–H and O–H groups in total. The van der Waals surface area contributed by atoms with Gasteiger partial charge in [-0.2, -0.15) is 0 Å². The number of nitrogens with zero attached hydrogens (tertiary/aromatic N) is 1. The molecule has 0 spiro atoms. The Balaban J connectivity index is 1.85. The van der Waals surface area contributed by atoms with Gasteiger partial charge in [0.25, 0.3) is 0 Å². The van der Waals surface area contributed by atoms with Crippen molar-refractivity contribution in [2.24, 2.45) is 5.73 Å². The lowest BCUT2D eigenvalue weighted by atomic mass is 10.0. The number of aliphatic hydroxyl groups excluding tert-OH is 1. The number of carbonyl (C=O) groups excluding carboxylic acids is 1. The van der Waals surface area contributed by atoms with Gasteiger partial charge in [0, 0.05) is 6.54 Å². The molecule has 1 fully saturated rings. The Morgan fingerprint density at radius 2 is 2.16 bits per heavy atom. The molecule has 2 atom stereocenters. The van der Waals surface area contributed by atoms with Gasteiger partial charge in [0.1, 0.15) is 0 Å². The summed E-state index contributed by atoms with van der Waals surface area (Å²) in [7, 11) is 0. The minimum absolute atomic E-state index is 0.0209. The zero-order valence-electron chi connectivity index (χ0n) is 11.2. The Kier molecular flexibility index (Phi) is 4.93. The van der Waals surface area contributed by atoms with Crippen LogP contribution in [-0.2, 0) is 11.2 Å². The van der Waals surface area contributed by atoms with Crippen molar-refractivity contribution in [3.63, 3.8) is 0 Å². The Bertz CT molecular complexity index is 408. The van der Waals surface area contributed by atoms with E-state index in [2.05, 4.69) is 0 Å². The number of rotatable bonds is 5. The van der Waals surface area contributed by atoms with E-state index in [9.17, 15) is 9.90 Å². The van der Waals surface area contributed by atoms with Crippen LogP contribution in [-0.4, -0.2) is 41.1 Å². The van der Waals surface area contributed by atoms with Crippen molar-refractivity contribution in [2.45, 2.75) is 37.8 Å². The van der Waals surface area contributed by atoms with Crippen molar-refractivity contribution in [1.82, 2.24) is 4.90 Å². The van der Waals surface area contributed by atoms with Gasteiger partial charge in [-0.15, -0.1) is 0 Å². The minimum Gasteiger partial charge on any atom is -0.394 e. The number of aliphatic hydroxyl groups is 1. The van der Waals surface area contributed by atoms with E-state index < -0.39 is 6.04 Å². The normalized spacial score (nSPS) is 20.5. The number of aryl methyl sites for hydroxylation is 1. The third-order valence-electron chi connectivity index (χ3n) is 3.78. The van der Waals surface area contributed by atoms with E-state index in [1.165, 1.54) is 5.56 Å². The first kappa shape index (κ1) is 14.0. The molecule has 4 nitrogen and oxygen atoms in total. The van der Waals surface area contributed by atoms with E-state index in [1.807, 2.05) is 30.3 Å². The number of carbonyl (C=O) groups is 1. The van der Waals surface area contributed by atoms with Gasteiger partial charge in [0.05, 0.1) is 18.7 Å². The summed E-state index contributed by atoms with van der Waals surface area (Å²) >= 11 is 0. The number of amides is 1. The van der Waals surface area contributed by atoms with Crippen molar-refractivity contribution in [2.75, 3.05) is 13.2 Å². The van der Waals surface area contributed by atoms with Gasteiger partial charge in [-0.3, -0.25) is 4.79 Å². The van der Waals surface area contributed by atoms with E-state index in [-0.39, 0.29) is 18.6 Å². The first-order chi connectivity index (χ1) is 9.22. The van der Waals surface area contributed by atoms with Gasteiger partial charge in [-0.1, -0.05) is 30.3 Å². The van der Waals surface area contributed by atoms with E-state index in [4.69, 9.17) is 5.73 Å². The molecule has 104 valence electrons. The quantitative estimate of drug-likeness (QED) is 0.829. The second kappa shape index (κ2) is 6.68. The monoisotopic (exact) mass is 262 g/mol. The number of nitrogens with two attached hydrogens (primary N) is 1. The highest BCUT2D eigenvalue weighted by molar-refractivity contribution is 5.82. The third-order valence-corrected chi connectivity index (χ3v) is 3.78. The largest absolute Gasteiger partial charge is 0.394 e. The molecule has 2 rings (SSSR count). The molecule has 4 heteroatoms. The molecule has 0 radical (unpaired) electrons. The van der Waals surface area contributed by atoms with Crippen molar-refractivity contribution in [1.29, 1.82) is 0 Å². The average Bonchev–Trinajstić information content (AvgIpc) is 2.93. The van der Waals surface area contributed by atoms with Gasteiger partial charge in [-0.05, 0) is 31.2 Å². The second-order valence-corrected chi connectivity index (χ2v) is 5.14. The number of hydrogen-bond donors (Lipinski definition) is 2. The van der Waals surface area contributed by atoms with Gasteiger partial charge < -0.3 is 15.7 Å². The fourth-order valence-corrected chi connectivity index (χ4v) is 2.62. The molecule has 1 saturated heterocycles. The van der Waals surface area contributed by atoms with E-state index in [0.717, 1.165) is 25.8 Å². The van der Waals surface area contributed by atoms with Crippen LogP contribution in [0.5, 0.6) is 0 Å². The fourth-order valence-electron chi connectivity index (χ4n) is 2.62. The maximum atomic E-state index is 12.2. The zero-order valence-corrected chi connectivity index (χ0v) is 11.2. The molecular weight excluding hydrogens is 240 g/mol. The van der Waals surface area contributed by atoms with Crippen molar-refractivity contribution < 1.29 is 9.90 Å². The number of likely N-dealkylation sites (tertiary alicyclic amines) is 1. The SMILES string of the molecule is NC(CCc1ccccc1)C(=O)N1CCC[C@@H]1CO. The Morgan fingerprint density at radius 3 is 2.84 bits per heavy atom. The Labute approximate surface area is 114 Å². The lowest BCUT2D eigenvalue weighted by Crippen LogP contribution is -2.47. The standard InChI is InChI=1S/C15H22N2O2/c16-14(9-8-12-5-2-1-3-6-12)15(19)17-10-4-7-13(17)11-18/h1-3,5-6,13-14,18H,4,7-11,16H2/t13-,14?/m1/s1.